The number of aromatic nitrogens is 6. The molecule has 2 aliphatic rings. The summed E-state index contributed by atoms with van der Waals surface area (Å²) in [6, 6.07) is 8.64. The zero-order valence-electron chi connectivity index (χ0n) is 27.2. The van der Waals surface area contributed by atoms with E-state index in [0.29, 0.717) is 64.8 Å². The molecular weight excluding hydrogens is 642 g/mol. The topological polar surface area (TPSA) is 146 Å². The third-order valence-electron chi connectivity index (χ3n) is 8.92. The second kappa shape index (κ2) is 16.6. The number of imidazole rings is 2. The van der Waals surface area contributed by atoms with Gasteiger partial charge in [-0.3, -0.25) is 4.79 Å². The molecule has 0 bridgehead atoms. The van der Waals surface area contributed by atoms with Crippen molar-refractivity contribution >= 4 is 60.3 Å². The van der Waals surface area contributed by atoms with Crippen molar-refractivity contribution < 1.29 is 11.3 Å². The lowest BCUT2D eigenvalue weighted by molar-refractivity contribution is 0.0995. The Morgan fingerprint density at radius 1 is 0.935 bits per heavy atom. The van der Waals surface area contributed by atoms with E-state index < -0.39 is 6.10 Å². The van der Waals surface area contributed by atoms with Gasteiger partial charge in [-0.05, 0) is 70.1 Å². The van der Waals surface area contributed by atoms with Gasteiger partial charge in [0.2, 0.25) is 0 Å². The monoisotopic (exact) mass is 683 g/mol. The zero-order valence-corrected chi connectivity index (χ0v) is 28.9. The third kappa shape index (κ3) is 8.22. The van der Waals surface area contributed by atoms with Crippen LogP contribution in [0.15, 0.2) is 24.5 Å². The van der Waals surface area contributed by atoms with Gasteiger partial charge in [0.05, 0.1) is 35.6 Å². The molecule has 13 heteroatoms. The first-order chi connectivity index (χ1) is 22.6. The Kier molecular flexibility index (Phi) is 12.4. The summed E-state index contributed by atoms with van der Waals surface area (Å²) in [7, 11) is 2.25. The van der Waals surface area contributed by atoms with E-state index in [1.165, 1.54) is 6.92 Å². The molecule has 244 valence electrons. The Morgan fingerprint density at radius 2 is 1.37 bits per heavy atom. The highest BCUT2D eigenvalue weighted by Crippen LogP contribution is 2.38. The fourth-order valence-corrected chi connectivity index (χ4v) is 7.04. The largest absolute Gasteiger partial charge is 0.385 e. The highest BCUT2D eigenvalue weighted by Gasteiger charge is 2.28. The van der Waals surface area contributed by atoms with Crippen LogP contribution in [0.2, 0.25) is 10.3 Å². The van der Waals surface area contributed by atoms with Gasteiger partial charge in [0, 0.05) is 45.4 Å². The van der Waals surface area contributed by atoms with E-state index in [0.717, 1.165) is 67.9 Å². The fraction of sp³-hybridized carbons (Fsp3) is 0.545. The van der Waals surface area contributed by atoms with Crippen molar-refractivity contribution in [1.82, 2.24) is 29.1 Å². The minimum Gasteiger partial charge on any atom is -0.385 e. The Labute approximate surface area is 283 Å². The Bertz CT molecular complexity index is 1750. The summed E-state index contributed by atoms with van der Waals surface area (Å²) in [5.74, 6) is 2.07. The molecule has 2 fully saturated rings. The van der Waals surface area contributed by atoms with Crippen LogP contribution in [0, 0.1) is 34.5 Å². The summed E-state index contributed by atoms with van der Waals surface area (Å²) in [4.78, 5) is 29.0. The number of pyridine rings is 2. The molecule has 0 saturated heterocycles. The SMILES string of the molecule is CC(=O)c1nc2cnc(Cl)cc2n1C1CCC(CC#N)CC1.C[C@@H](O)c1nc2cnc(Cl)cc2n1C1CCC(CC#N)CC1.[2H]CP. The number of aliphatic hydroxyl groups is 1. The van der Waals surface area contributed by atoms with E-state index in [1.807, 2.05) is 10.6 Å². The first-order valence-electron chi connectivity index (χ1n) is 16.3. The molecule has 0 spiro atoms. The standard InChI is InChI=1S/C16H19ClN4O.C16H17ClN4O.CH5P/c2*1-10(22)16-20-13-9-19-15(17)8-14(13)21(16)12-4-2-11(3-5-12)6-7-18;1-2/h8-12,22H,2-6H2,1H3;8-9,11-12H,2-6H2,1H3;2H2,1H3/t10-,11?,12?;;/m1../s1/i;;1D. The molecule has 4 aromatic rings. The number of carbonyl (C=O) groups excluding carboxylic acids is 1. The number of carbonyl (C=O) groups is 1. The summed E-state index contributed by atoms with van der Waals surface area (Å²) in [6.45, 7) is 3.68. The minimum atomic E-state index is -0.636. The number of halogens is 2. The van der Waals surface area contributed by atoms with Crippen molar-refractivity contribution in [2.24, 2.45) is 11.8 Å². The normalized spacial score (nSPS) is 22.0. The van der Waals surface area contributed by atoms with Crippen molar-refractivity contribution in [2.45, 2.75) is 96.2 Å². The van der Waals surface area contributed by atoms with E-state index >= 15 is 0 Å². The van der Waals surface area contributed by atoms with Gasteiger partial charge < -0.3 is 14.2 Å². The highest BCUT2D eigenvalue weighted by atomic mass is 35.5. The molecule has 0 radical (unpaired) electrons. The van der Waals surface area contributed by atoms with E-state index in [-0.39, 0.29) is 11.8 Å². The van der Waals surface area contributed by atoms with Gasteiger partial charge in [0.25, 0.3) is 0 Å². The maximum Gasteiger partial charge on any atom is 0.195 e. The molecule has 4 aromatic heterocycles. The minimum absolute atomic E-state index is 0.0496. The van der Waals surface area contributed by atoms with Gasteiger partial charge in [-0.2, -0.15) is 10.5 Å². The number of hydrogen-bond donors (Lipinski definition) is 1. The van der Waals surface area contributed by atoms with Crippen molar-refractivity contribution in [1.29, 1.82) is 10.5 Å². The number of nitriles is 2. The van der Waals surface area contributed by atoms with Gasteiger partial charge in [0.1, 0.15) is 33.3 Å². The second-order valence-corrected chi connectivity index (χ2v) is 12.7. The van der Waals surface area contributed by atoms with Crippen LogP contribution in [0.25, 0.3) is 22.1 Å². The number of rotatable bonds is 6. The van der Waals surface area contributed by atoms with Gasteiger partial charge in [-0.1, -0.05) is 29.8 Å². The molecule has 2 saturated carbocycles. The van der Waals surface area contributed by atoms with E-state index in [2.05, 4.69) is 45.9 Å². The van der Waals surface area contributed by atoms with Gasteiger partial charge >= 0.3 is 0 Å². The average Bonchev–Trinajstić information content (AvgIpc) is 3.62. The number of Topliss-reactive ketones (excluding diaryl/α,β-unsaturated/α-hetero) is 1. The summed E-state index contributed by atoms with van der Waals surface area (Å²) < 4.78 is 10.3. The summed E-state index contributed by atoms with van der Waals surface area (Å²) >= 11 is 12.0. The van der Waals surface area contributed by atoms with E-state index in [4.69, 9.17) is 35.1 Å². The molecule has 1 unspecified atom stereocenters. The molecule has 2 atom stereocenters. The summed E-state index contributed by atoms with van der Waals surface area (Å²) in [6.07, 6.45) is 11.9. The number of hydrogen-bond acceptors (Lipinski definition) is 8. The first kappa shape index (κ1) is 34.2. The zero-order chi connectivity index (χ0) is 34.1. The van der Waals surface area contributed by atoms with Crippen LogP contribution in [0.1, 0.15) is 114 Å². The maximum absolute atomic E-state index is 12.0. The van der Waals surface area contributed by atoms with Crippen molar-refractivity contribution in [3.8, 4) is 12.1 Å². The van der Waals surface area contributed by atoms with Crippen LogP contribution >= 0.6 is 32.4 Å². The molecule has 2 aliphatic carbocycles. The molecule has 46 heavy (non-hydrogen) atoms. The number of fused-ring (bicyclic) bond motifs is 2. The molecule has 0 aliphatic heterocycles. The summed E-state index contributed by atoms with van der Waals surface area (Å²) in [5, 5.41) is 28.6. The van der Waals surface area contributed by atoms with Gasteiger partial charge in [-0.25, -0.2) is 19.9 Å². The molecule has 1 N–H and O–H groups in total. The average molecular weight is 685 g/mol. The van der Waals surface area contributed by atoms with Crippen LogP contribution < -0.4 is 0 Å². The van der Waals surface area contributed by atoms with Crippen molar-refractivity contribution in [3.63, 3.8) is 0 Å². The Morgan fingerprint density at radius 3 is 1.80 bits per heavy atom. The second-order valence-electron chi connectivity index (χ2n) is 11.9. The van der Waals surface area contributed by atoms with E-state index in [1.54, 1.807) is 25.4 Å². The molecule has 10 nitrogen and oxygen atoms in total. The lowest BCUT2D eigenvalue weighted by atomic mass is 9.84. The number of ketones is 1. The lowest BCUT2D eigenvalue weighted by Gasteiger charge is -2.30. The Hall–Kier alpha value is -3.14. The van der Waals surface area contributed by atoms with E-state index in [9.17, 15) is 9.90 Å². The molecule has 0 amide bonds. The number of nitrogens with zero attached hydrogens (tertiary/aromatic N) is 8. The van der Waals surface area contributed by atoms with Gasteiger partial charge in [0.15, 0.2) is 11.6 Å². The lowest BCUT2D eigenvalue weighted by Crippen LogP contribution is -2.21. The fourth-order valence-electron chi connectivity index (χ4n) is 6.74. The maximum atomic E-state index is 12.0. The van der Waals surface area contributed by atoms with Crippen LogP contribution in [0.5, 0.6) is 0 Å². The predicted octanol–water partition coefficient (Wildman–Crippen LogP) is 8.21. The predicted molar refractivity (Wildman–Crippen MR) is 184 cm³/mol. The Balaban J connectivity index is 0.000000197. The quantitative estimate of drug-likeness (QED) is 0.121. The molecule has 4 heterocycles. The van der Waals surface area contributed by atoms with Crippen LogP contribution in [0.4, 0.5) is 0 Å². The van der Waals surface area contributed by atoms with Crippen LogP contribution in [0.3, 0.4) is 0 Å². The molecule has 6 rings (SSSR count). The van der Waals surface area contributed by atoms with Crippen LogP contribution in [-0.2, 0) is 0 Å². The number of aliphatic hydroxyl groups excluding tert-OH is 1. The highest BCUT2D eigenvalue weighted by molar-refractivity contribution is 7.15. The van der Waals surface area contributed by atoms with Gasteiger partial charge in [-0.15, -0.1) is 9.24 Å². The summed E-state index contributed by atoms with van der Waals surface area (Å²) in [5.41, 5.74) is 3.27. The molecule has 0 aromatic carbocycles. The van der Waals surface area contributed by atoms with Crippen LogP contribution in [-0.4, -0.2) is 46.6 Å². The third-order valence-corrected chi connectivity index (χ3v) is 9.34. The van der Waals surface area contributed by atoms with Crippen molar-refractivity contribution in [3.05, 3.63) is 46.5 Å². The first-order valence-corrected chi connectivity index (χ1v) is 17.2. The molecular formula is C33H41Cl2N8O2P. The van der Waals surface area contributed by atoms with Crippen molar-refractivity contribution in [2.75, 3.05) is 6.64 Å². The smallest absolute Gasteiger partial charge is 0.195 e.